The molecule has 1 amide bonds. The van der Waals surface area contributed by atoms with E-state index in [1.165, 1.54) is 6.33 Å². The van der Waals surface area contributed by atoms with Crippen molar-refractivity contribution < 1.29 is 9.53 Å². The minimum Gasteiger partial charge on any atom is -0.373 e. The van der Waals surface area contributed by atoms with Crippen LogP contribution in [0.4, 0.5) is 0 Å². The van der Waals surface area contributed by atoms with Crippen molar-refractivity contribution in [3.05, 3.63) is 12.7 Å². The van der Waals surface area contributed by atoms with Crippen LogP contribution in [-0.2, 0) is 16.1 Å². The second-order valence-corrected chi connectivity index (χ2v) is 3.58. The fourth-order valence-electron chi connectivity index (χ4n) is 1.65. The molecule has 1 aliphatic heterocycles. The minimum atomic E-state index is 0.0179. The van der Waals surface area contributed by atoms with Crippen LogP contribution >= 0.6 is 0 Å². The number of hydrogen-bond acceptors (Lipinski definition) is 4. The van der Waals surface area contributed by atoms with E-state index in [-0.39, 0.29) is 12.0 Å². The van der Waals surface area contributed by atoms with E-state index < -0.39 is 0 Å². The number of hydrogen-bond donors (Lipinski definition) is 0. The molecule has 2 heterocycles. The summed E-state index contributed by atoms with van der Waals surface area (Å²) >= 11 is 0. The molecule has 6 heteroatoms. The van der Waals surface area contributed by atoms with E-state index in [0.717, 1.165) is 0 Å². The summed E-state index contributed by atoms with van der Waals surface area (Å²) in [6, 6.07) is 0. The Kier molecular flexibility index (Phi) is 2.96. The van der Waals surface area contributed by atoms with Crippen LogP contribution in [0.2, 0.25) is 0 Å². The Hall–Kier alpha value is -1.43. The Balaban J connectivity index is 1.90. The van der Waals surface area contributed by atoms with Gasteiger partial charge < -0.3 is 9.64 Å². The van der Waals surface area contributed by atoms with E-state index in [1.807, 2.05) is 0 Å². The van der Waals surface area contributed by atoms with Gasteiger partial charge in [0.1, 0.15) is 12.7 Å². The van der Waals surface area contributed by atoms with Crippen molar-refractivity contribution in [1.82, 2.24) is 19.7 Å². The first-order valence-corrected chi connectivity index (χ1v) is 4.95. The standard InChI is InChI=1S/C9H14N4O2/c1-8(14)12-2-3-15-9(4-12)5-13-7-10-6-11-13/h6-7,9H,2-5H2,1H3. The lowest BCUT2D eigenvalue weighted by Crippen LogP contribution is -2.46. The molecule has 0 radical (unpaired) electrons. The Labute approximate surface area is 87.8 Å². The first-order valence-electron chi connectivity index (χ1n) is 4.95. The predicted octanol–water partition coefficient (Wildman–Crippen LogP) is -0.475. The molecule has 2 rings (SSSR count). The fourth-order valence-corrected chi connectivity index (χ4v) is 1.65. The largest absolute Gasteiger partial charge is 0.373 e. The normalized spacial score (nSPS) is 21.7. The summed E-state index contributed by atoms with van der Waals surface area (Å²) in [6.45, 7) is 4.14. The van der Waals surface area contributed by atoms with Crippen molar-refractivity contribution >= 4 is 5.91 Å². The van der Waals surface area contributed by atoms with Gasteiger partial charge >= 0.3 is 0 Å². The lowest BCUT2D eigenvalue weighted by molar-refractivity contribution is -0.136. The summed E-state index contributed by atoms with van der Waals surface area (Å²) < 4.78 is 7.27. The molecule has 15 heavy (non-hydrogen) atoms. The van der Waals surface area contributed by atoms with Crippen molar-refractivity contribution in [3.63, 3.8) is 0 Å². The number of morpholine rings is 1. The van der Waals surface area contributed by atoms with Crippen molar-refractivity contribution in [3.8, 4) is 0 Å². The average molecular weight is 210 g/mol. The van der Waals surface area contributed by atoms with Crippen LogP contribution in [0.5, 0.6) is 0 Å². The van der Waals surface area contributed by atoms with Gasteiger partial charge in [-0.15, -0.1) is 0 Å². The molecule has 0 bridgehead atoms. The van der Waals surface area contributed by atoms with Crippen LogP contribution in [0.1, 0.15) is 6.92 Å². The van der Waals surface area contributed by atoms with E-state index in [4.69, 9.17) is 4.74 Å². The molecule has 1 saturated heterocycles. The number of carbonyl (C=O) groups is 1. The molecule has 0 saturated carbocycles. The summed E-state index contributed by atoms with van der Waals surface area (Å²) in [5, 5.41) is 4.00. The van der Waals surface area contributed by atoms with Gasteiger partial charge in [-0.1, -0.05) is 0 Å². The summed E-state index contributed by atoms with van der Waals surface area (Å²) in [6.07, 6.45) is 3.16. The molecular weight excluding hydrogens is 196 g/mol. The number of nitrogens with zero attached hydrogens (tertiary/aromatic N) is 4. The summed E-state index contributed by atoms with van der Waals surface area (Å²) in [5.74, 6) is 0.0990. The lowest BCUT2D eigenvalue weighted by atomic mass is 10.2. The van der Waals surface area contributed by atoms with Crippen molar-refractivity contribution in [1.29, 1.82) is 0 Å². The Morgan fingerprint density at radius 3 is 3.20 bits per heavy atom. The third-order valence-electron chi connectivity index (χ3n) is 2.44. The van der Waals surface area contributed by atoms with Gasteiger partial charge in [0.2, 0.25) is 5.91 Å². The van der Waals surface area contributed by atoms with E-state index in [9.17, 15) is 4.79 Å². The minimum absolute atomic E-state index is 0.0179. The van der Waals surface area contributed by atoms with Crippen molar-refractivity contribution in [2.24, 2.45) is 0 Å². The summed E-state index contributed by atoms with van der Waals surface area (Å²) in [4.78, 5) is 16.8. The lowest BCUT2D eigenvalue weighted by Gasteiger charge is -2.32. The maximum atomic E-state index is 11.2. The molecule has 6 nitrogen and oxygen atoms in total. The molecule has 1 atom stereocenters. The Morgan fingerprint density at radius 1 is 1.67 bits per heavy atom. The summed E-state index contributed by atoms with van der Waals surface area (Å²) in [5.41, 5.74) is 0. The molecule has 1 fully saturated rings. The molecule has 0 aromatic carbocycles. The maximum Gasteiger partial charge on any atom is 0.219 e. The quantitative estimate of drug-likeness (QED) is 0.662. The monoisotopic (exact) mass is 210 g/mol. The van der Waals surface area contributed by atoms with Crippen LogP contribution in [-0.4, -0.2) is 51.4 Å². The highest BCUT2D eigenvalue weighted by molar-refractivity contribution is 5.73. The number of carbonyl (C=O) groups excluding carboxylic acids is 1. The van der Waals surface area contributed by atoms with Gasteiger partial charge in [0, 0.05) is 20.0 Å². The molecule has 82 valence electrons. The highest BCUT2D eigenvalue weighted by Gasteiger charge is 2.22. The molecule has 1 aliphatic rings. The molecule has 1 aromatic rings. The SMILES string of the molecule is CC(=O)N1CCOC(Cn2cncn2)C1. The second-order valence-electron chi connectivity index (χ2n) is 3.58. The third-order valence-corrected chi connectivity index (χ3v) is 2.44. The highest BCUT2D eigenvalue weighted by Crippen LogP contribution is 2.06. The number of ether oxygens (including phenoxy) is 1. The Bertz CT molecular complexity index is 325. The zero-order chi connectivity index (χ0) is 10.7. The number of aromatic nitrogens is 3. The van der Waals surface area contributed by atoms with E-state index in [2.05, 4.69) is 10.1 Å². The average Bonchev–Trinajstić information content (AvgIpc) is 2.71. The molecule has 1 aromatic heterocycles. The molecule has 0 N–H and O–H groups in total. The van der Waals surface area contributed by atoms with E-state index in [0.29, 0.717) is 26.2 Å². The van der Waals surface area contributed by atoms with Crippen molar-refractivity contribution in [2.45, 2.75) is 19.6 Å². The van der Waals surface area contributed by atoms with Gasteiger partial charge in [-0.3, -0.25) is 9.48 Å². The Morgan fingerprint density at radius 2 is 2.53 bits per heavy atom. The number of rotatable bonds is 2. The topological polar surface area (TPSA) is 60.2 Å². The van der Waals surface area contributed by atoms with Crippen LogP contribution in [0.3, 0.4) is 0 Å². The van der Waals surface area contributed by atoms with E-state index in [1.54, 1.807) is 22.8 Å². The summed E-state index contributed by atoms with van der Waals surface area (Å²) in [7, 11) is 0. The molecule has 0 spiro atoms. The zero-order valence-electron chi connectivity index (χ0n) is 8.67. The van der Waals surface area contributed by atoms with Gasteiger partial charge in [-0.2, -0.15) is 5.10 Å². The predicted molar refractivity (Wildman–Crippen MR) is 52.0 cm³/mol. The smallest absolute Gasteiger partial charge is 0.219 e. The third kappa shape index (κ3) is 2.53. The number of amides is 1. The first kappa shape index (κ1) is 10.1. The fraction of sp³-hybridized carbons (Fsp3) is 0.667. The van der Waals surface area contributed by atoms with Gasteiger partial charge in [-0.25, -0.2) is 4.98 Å². The molecule has 1 unspecified atom stereocenters. The first-order chi connectivity index (χ1) is 7.25. The molecule has 0 aliphatic carbocycles. The van der Waals surface area contributed by atoms with Gasteiger partial charge in [0.25, 0.3) is 0 Å². The van der Waals surface area contributed by atoms with Gasteiger partial charge in [0.15, 0.2) is 0 Å². The highest BCUT2D eigenvalue weighted by atomic mass is 16.5. The zero-order valence-corrected chi connectivity index (χ0v) is 8.67. The van der Waals surface area contributed by atoms with Gasteiger partial charge in [0.05, 0.1) is 19.3 Å². The van der Waals surface area contributed by atoms with Crippen LogP contribution in [0, 0.1) is 0 Å². The van der Waals surface area contributed by atoms with Crippen LogP contribution in [0.25, 0.3) is 0 Å². The van der Waals surface area contributed by atoms with Crippen molar-refractivity contribution in [2.75, 3.05) is 19.7 Å². The molecular formula is C9H14N4O2. The van der Waals surface area contributed by atoms with Crippen LogP contribution in [0.15, 0.2) is 12.7 Å². The van der Waals surface area contributed by atoms with Crippen LogP contribution < -0.4 is 0 Å². The van der Waals surface area contributed by atoms with E-state index >= 15 is 0 Å². The van der Waals surface area contributed by atoms with Gasteiger partial charge in [-0.05, 0) is 0 Å². The maximum absolute atomic E-state index is 11.2. The second kappa shape index (κ2) is 4.39.